The fourth-order valence-electron chi connectivity index (χ4n) is 1.42. The molecule has 0 atom stereocenters. The summed E-state index contributed by atoms with van der Waals surface area (Å²) in [5, 5.41) is 4.39. The number of carbonyl (C=O) groups excluding carboxylic acids is 1. The molecule has 7 heteroatoms. The quantitative estimate of drug-likeness (QED) is 0.615. The highest BCUT2D eigenvalue weighted by atomic mass is 33.1. The summed E-state index contributed by atoms with van der Waals surface area (Å²) in [6.07, 6.45) is 5.85. The molecule has 1 saturated heterocycles. The molecule has 2 rings (SSSR count). The monoisotopic (exact) mass is 288 g/mol. The van der Waals surface area contributed by atoms with Gasteiger partial charge in [-0.3, -0.25) is 4.90 Å². The summed E-state index contributed by atoms with van der Waals surface area (Å²) in [4.78, 5) is 13.0. The summed E-state index contributed by atoms with van der Waals surface area (Å²) in [6.45, 7) is 2.89. The van der Waals surface area contributed by atoms with Gasteiger partial charge in [-0.1, -0.05) is 22.9 Å². The molecule has 0 saturated carbocycles. The van der Waals surface area contributed by atoms with Gasteiger partial charge in [0.05, 0.1) is 11.6 Å². The van der Waals surface area contributed by atoms with Crippen LogP contribution in [0.15, 0.2) is 23.3 Å². The van der Waals surface area contributed by atoms with Crippen LogP contribution < -0.4 is 5.32 Å². The first-order chi connectivity index (χ1) is 8.86. The minimum Gasteiger partial charge on any atom is -0.448 e. The Morgan fingerprint density at radius 1 is 1.61 bits per heavy atom. The molecule has 2 aliphatic heterocycles. The first-order valence-corrected chi connectivity index (χ1v) is 8.08. The lowest BCUT2D eigenvalue weighted by Gasteiger charge is -2.13. The van der Waals surface area contributed by atoms with E-state index in [9.17, 15) is 4.79 Å². The number of dihydropyridines is 1. The van der Waals surface area contributed by atoms with Crippen LogP contribution in [-0.2, 0) is 9.47 Å². The summed E-state index contributed by atoms with van der Waals surface area (Å²) < 4.78 is 10.2. The van der Waals surface area contributed by atoms with E-state index in [0.717, 1.165) is 17.3 Å². The molecule has 0 aliphatic carbocycles. The van der Waals surface area contributed by atoms with Crippen molar-refractivity contribution < 1.29 is 14.3 Å². The Kier molecular flexibility index (Phi) is 5.76. The third-order valence-corrected chi connectivity index (χ3v) is 4.63. The fraction of sp³-hybridized carbons (Fsp3) is 0.545. The highest BCUT2D eigenvalue weighted by Crippen LogP contribution is 2.28. The summed E-state index contributed by atoms with van der Waals surface area (Å²) in [5.74, 6) is 0.772. The average molecular weight is 288 g/mol. The average Bonchev–Trinajstić information content (AvgIpc) is 2.93. The first kappa shape index (κ1) is 13.6. The Hall–Kier alpha value is -0.790. The molecule has 0 aromatic carbocycles. The molecule has 0 aromatic heterocycles. The van der Waals surface area contributed by atoms with Crippen molar-refractivity contribution in [2.75, 3.05) is 38.8 Å². The van der Waals surface area contributed by atoms with Crippen LogP contribution in [0.25, 0.3) is 0 Å². The Morgan fingerprint density at radius 2 is 2.56 bits per heavy atom. The number of ether oxygens (including phenoxy) is 2. The third-order valence-electron chi connectivity index (χ3n) is 2.33. The maximum absolute atomic E-state index is 11.5. The van der Waals surface area contributed by atoms with E-state index >= 15 is 0 Å². The van der Waals surface area contributed by atoms with Gasteiger partial charge in [0, 0.05) is 18.8 Å². The van der Waals surface area contributed by atoms with E-state index in [0.29, 0.717) is 26.5 Å². The zero-order valence-corrected chi connectivity index (χ0v) is 11.6. The van der Waals surface area contributed by atoms with Gasteiger partial charge in [-0.05, 0) is 16.9 Å². The normalized spacial score (nSPS) is 18.4. The van der Waals surface area contributed by atoms with Crippen LogP contribution in [0, 0.1) is 0 Å². The lowest BCUT2D eigenvalue weighted by atomic mass is 10.4. The molecule has 2 heterocycles. The Labute approximate surface area is 114 Å². The molecule has 0 unspecified atom stereocenters. The summed E-state index contributed by atoms with van der Waals surface area (Å²) >= 11 is 0. The highest BCUT2D eigenvalue weighted by molar-refractivity contribution is 8.78. The van der Waals surface area contributed by atoms with Crippen LogP contribution in [0.1, 0.15) is 0 Å². The van der Waals surface area contributed by atoms with Crippen molar-refractivity contribution in [3.63, 3.8) is 0 Å². The van der Waals surface area contributed by atoms with Crippen molar-refractivity contribution in [3.8, 4) is 0 Å². The summed E-state index contributed by atoms with van der Waals surface area (Å²) in [7, 11) is 3.34. The largest absolute Gasteiger partial charge is 0.448 e. The van der Waals surface area contributed by atoms with Crippen molar-refractivity contribution in [1.29, 1.82) is 0 Å². The van der Waals surface area contributed by atoms with Crippen LogP contribution in [0.4, 0.5) is 4.79 Å². The van der Waals surface area contributed by atoms with Crippen LogP contribution in [0.5, 0.6) is 0 Å². The number of allylic oxidation sites excluding steroid dienone is 2. The zero-order chi connectivity index (χ0) is 12.6. The molecule has 1 fully saturated rings. The predicted molar refractivity (Wildman–Crippen MR) is 74.1 cm³/mol. The predicted octanol–water partition coefficient (Wildman–Crippen LogP) is 1.79. The zero-order valence-electron chi connectivity index (χ0n) is 9.96. The Morgan fingerprint density at radius 3 is 3.28 bits per heavy atom. The number of nitrogens with one attached hydrogen (secondary N) is 1. The molecule has 1 amide bonds. The molecule has 1 N–H and O–H groups in total. The van der Waals surface area contributed by atoms with E-state index in [1.54, 1.807) is 26.5 Å². The molecule has 18 heavy (non-hydrogen) atoms. The van der Waals surface area contributed by atoms with Crippen molar-refractivity contribution in [2.45, 2.75) is 0 Å². The van der Waals surface area contributed by atoms with Crippen LogP contribution >= 0.6 is 21.6 Å². The van der Waals surface area contributed by atoms with Gasteiger partial charge in [-0.2, -0.15) is 0 Å². The smallest absolute Gasteiger partial charge is 0.411 e. The van der Waals surface area contributed by atoms with Gasteiger partial charge in [0.25, 0.3) is 0 Å². The standard InChI is InChI=1S/C11H16N2O3S2/c14-11(13-5-6-15-9-13)16-7-8-17-18-10-3-1-2-4-12-10/h1-3,12H,4-9H2. The van der Waals surface area contributed by atoms with Crippen molar-refractivity contribution >= 4 is 27.7 Å². The number of nitrogens with zero attached hydrogens (tertiary/aromatic N) is 1. The molecule has 0 radical (unpaired) electrons. The van der Waals surface area contributed by atoms with Gasteiger partial charge in [0.15, 0.2) is 0 Å². The number of rotatable bonds is 5. The van der Waals surface area contributed by atoms with Crippen molar-refractivity contribution in [1.82, 2.24) is 10.2 Å². The third kappa shape index (κ3) is 4.47. The fourth-order valence-corrected chi connectivity index (χ4v) is 3.23. The second-order valence-corrected chi connectivity index (χ2v) is 6.12. The molecule has 2 aliphatic rings. The minimum atomic E-state index is -0.281. The number of carbonyl (C=O) groups is 1. The van der Waals surface area contributed by atoms with Gasteiger partial charge in [-0.25, -0.2) is 4.79 Å². The first-order valence-electron chi connectivity index (χ1n) is 5.76. The number of hydrogen-bond acceptors (Lipinski definition) is 6. The topological polar surface area (TPSA) is 50.8 Å². The molecular weight excluding hydrogens is 272 g/mol. The molecule has 0 spiro atoms. The van der Waals surface area contributed by atoms with Crippen molar-refractivity contribution in [2.24, 2.45) is 0 Å². The molecule has 100 valence electrons. The summed E-state index contributed by atoms with van der Waals surface area (Å²) in [6, 6.07) is 0. The molecule has 0 bridgehead atoms. The highest BCUT2D eigenvalue weighted by Gasteiger charge is 2.19. The van der Waals surface area contributed by atoms with E-state index in [1.807, 2.05) is 12.2 Å². The maximum Gasteiger partial charge on any atom is 0.411 e. The van der Waals surface area contributed by atoms with Crippen LogP contribution in [0.3, 0.4) is 0 Å². The van der Waals surface area contributed by atoms with Crippen molar-refractivity contribution in [3.05, 3.63) is 23.3 Å². The Balaban J connectivity index is 1.51. The van der Waals surface area contributed by atoms with Crippen LogP contribution in [-0.4, -0.2) is 49.8 Å². The number of amides is 1. The minimum absolute atomic E-state index is 0.281. The Bertz CT molecular complexity index is 341. The van der Waals surface area contributed by atoms with Gasteiger partial charge in [0.2, 0.25) is 0 Å². The molecule has 0 aromatic rings. The summed E-state index contributed by atoms with van der Waals surface area (Å²) in [5.41, 5.74) is 0. The molecular formula is C11H16N2O3S2. The lowest BCUT2D eigenvalue weighted by molar-refractivity contribution is 0.0908. The van der Waals surface area contributed by atoms with Crippen LogP contribution in [0.2, 0.25) is 0 Å². The van der Waals surface area contributed by atoms with Gasteiger partial charge < -0.3 is 14.8 Å². The van der Waals surface area contributed by atoms with Gasteiger partial charge in [-0.15, -0.1) is 0 Å². The van der Waals surface area contributed by atoms with E-state index in [-0.39, 0.29) is 6.09 Å². The van der Waals surface area contributed by atoms with E-state index in [4.69, 9.17) is 9.47 Å². The second kappa shape index (κ2) is 7.60. The van der Waals surface area contributed by atoms with E-state index < -0.39 is 0 Å². The van der Waals surface area contributed by atoms with E-state index in [1.165, 1.54) is 0 Å². The lowest BCUT2D eigenvalue weighted by Crippen LogP contribution is -2.29. The van der Waals surface area contributed by atoms with Gasteiger partial charge >= 0.3 is 6.09 Å². The number of hydrogen-bond donors (Lipinski definition) is 1. The second-order valence-electron chi connectivity index (χ2n) is 3.66. The maximum atomic E-state index is 11.5. The molecule has 5 nitrogen and oxygen atoms in total. The SMILES string of the molecule is O=C(OCCSSC1=CC=CCN1)N1CCOC1. The van der Waals surface area contributed by atoms with E-state index in [2.05, 4.69) is 11.4 Å². The van der Waals surface area contributed by atoms with Gasteiger partial charge in [0.1, 0.15) is 13.3 Å².